The monoisotopic (exact) mass is 468 g/mol. The highest BCUT2D eigenvalue weighted by Crippen LogP contribution is 2.36. The molecule has 3 aromatic rings. The Morgan fingerprint density at radius 2 is 1.73 bits per heavy atom. The van der Waals surface area contributed by atoms with E-state index in [1.807, 2.05) is 6.92 Å². The number of carbonyl (C=O) groups is 2. The van der Waals surface area contributed by atoms with Crippen LogP contribution in [0.4, 0.5) is 20.2 Å². The van der Waals surface area contributed by atoms with Gasteiger partial charge in [0.25, 0.3) is 11.8 Å². The molecule has 3 aromatic carbocycles. The van der Waals surface area contributed by atoms with Crippen molar-refractivity contribution in [3.63, 3.8) is 0 Å². The fraction of sp³-hybridized carbons (Fsp3) is 0.120. The molecule has 168 valence electrons. The van der Waals surface area contributed by atoms with Crippen LogP contribution in [0.15, 0.2) is 66.4 Å². The van der Waals surface area contributed by atoms with E-state index in [0.29, 0.717) is 45.2 Å². The maximum atomic E-state index is 14.5. The van der Waals surface area contributed by atoms with Crippen LogP contribution >= 0.6 is 11.6 Å². The molecule has 1 aliphatic rings. The minimum Gasteiger partial charge on any atom is -0.494 e. The zero-order valence-corrected chi connectivity index (χ0v) is 18.5. The highest BCUT2D eigenvalue weighted by molar-refractivity contribution is 6.46. The number of halogens is 3. The molecule has 33 heavy (non-hydrogen) atoms. The second-order valence-electron chi connectivity index (χ2n) is 7.29. The molecule has 0 saturated carbocycles. The Kier molecular flexibility index (Phi) is 6.16. The first-order valence-corrected chi connectivity index (χ1v) is 10.5. The van der Waals surface area contributed by atoms with E-state index in [4.69, 9.17) is 16.3 Å². The van der Waals surface area contributed by atoms with Crippen molar-refractivity contribution in [2.45, 2.75) is 13.8 Å². The van der Waals surface area contributed by atoms with Crippen molar-refractivity contribution in [1.82, 2.24) is 0 Å². The zero-order chi connectivity index (χ0) is 23.7. The predicted molar refractivity (Wildman–Crippen MR) is 123 cm³/mol. The number of carbonyl (C=O) groups excluding carboxylic acids is 2. The van der Waals surface area contributed by atoms with E-state index >= 15 is 0 Å². The van der Waals surface area contributed by atoms with Gasteiger partial charge in [-0.3, -0.25) is 9.59 Å². The number of hydrogen-bond acceptors (Lipinski definition) is 4. The zero-order valence-electron chi connectivity index (χ0n) is 17.8. The molecule has 0 aromatic heterocycles. The van der Waals surface area contributed by atoms with Gasteiger partial charge in [-0.15, -0.1) is 0 Å². The first-order chi connectivity index (χ1) is 15.8. The van der Waals surface area contributed by atoms with Crippen molar-refractivity contribution in [1.29, 1.82) is 0 Å². The quantitative estimate of drug-likeness (QED) is 0.470. The van der Waals surface area contributed by atoms with E-state index in [-0.39, 0.29) is 17.0 Å². The molecule has 0 radical (unpaired) electrons. The molecular weight excluding hydrogens is 450 g/mol. The normalized spacial score (nSPS) is 13.7. The average Bonchev–Trinajstić information content (AvgIpc) is 3.02. The van der Waals surface area contributed by atoms with E-state index in [0.717, 1.165) is 12.1 Å². The lowest BCUT2D eigenvalue weighted by Crippen LogP contribution is -2.33. The van der Waals surface area contributed by atoms with Gasteiger partial charge in [-0.25, -0.2) is 13.7 Å². The molecule has 4 rings (SSSR count). The Morgan fingerprint density at radius 3 is 2.39 bits per heavy atom. The maximum absolute atomic E-state index is 14.5. The lowest BCUT2D eigenvalue weighted by atomic mass is 10.0. The molecule has 1 heterocycles. The van der Waals surface area contributed by atoms with Crippen LogP contribution < -0.4 is 15.0 Å². The molecule has 0 unspecified atom stereocenters. The average molecular weight is 469 g/mol. The Hall–Kier alpha value is -3.71. The van der Waals surface area contributed by atoms with E-state index in [1.165, 1.54) is 0 Å². The number of nitrogens with one attached hydrogen (secondary N) is 1. The van der Waals surface area contributed by atoms with Crippen molar-refractivity contribution in [2.75, 3.05) is 16.8 Å². The number of benzene rings is 3. The molecule has 0 fully saturated rings. The summed E-state index contributed by atoms with van der Waals surface area (Å²) in [6, 6.07) is 14.4. The number of rotatable bonds is 6. The predicted octanol–water partition coefficient (Wildman–Crippen LogP) is 5.72. The Bertz CT molecular complexity index is 1290. The molecule has 0 saturated heterocycles. The van der Waals surface area contributed by atoms with Gasteiger partial charge in [-0.1, -0.05) is 29.8 Å². The first kappa shape index (κ1) is 22.5. The van der Waals surface area contributed by atoms with Crippen molar-refractivity contribution in [3.05, 3.63) is 94.1 Å². The van der Waals surface area contributed by atoms with Crippen LogP contribution in [0.2, 0.25) is 5.02 Å². The molecule has 0 atom stereocenters. The summed E-state index contributed by atoms with van der Waals surface area (Å²) in [5.41, 5.74) is 1.29. The van der Waals surface area contributed by atoms with E-state index in [2.05, 4.69) is 5.32 Å². The van der Waals surface area contributed by atoms with E-state index < -0.39 is 23.4 Å². The smallest absolute Gasteiger partial charge is 0.282 e. The minimum atomic E-state index is -1.03. The van der Waals surface area contributed by atoms with Gasteiger partial charge >= 0.3 is 0 Å². The van der Waals surface area contributed by atoms with Crippen LogP contribution in [0.1, 0.15) is 18.1 Å². The maximum Gasteiger partial charge on any atom is 0.282 e. The summed E-state index contributed by atoms with van der Waals surface area (Å²) in [6.45, 7) is 4.08. The van der Waals surface area contributed by atoms with Gasteiger partial charge < -0.3 is 10.1 Å². The highest BCUT2D eigenvalue weighted by Gasteiger charge is 2.41. The topological polar surface area (TPSA) is 58.6 Å². The van der Waals surface area contributed by atoms with Gasteiger partial charge in [0, 0.05) is 16.8 Å². The minimum absolute atomic E-state index is 0.0433. The molecule has 0 aliphatic carbocycles. The number of amides is 2. The molecule has 1 N–H and O–H groups in total. The number of ether oxygens (including phenoxy) is 1. The summed E-state index contributed by atoms with van der Waals surface area (Å²) in [6.07, 6.45) is 0. The van der Waals surface area contributed by atoms with Gasteiger partial charge in [-0.05, 0) is 61.4 Å². The van der Waals surface area contributed by atoms with E-state index in [9.17, 15) is 18.4 Å². The molecular formula is C25H19ClF2N2O3. The number of anilines is 2. The lowest BCUT2D eigenvalue weighted by Gasteiger charge is -2.16. The van der Waals surface area contributed by atoms with Crippen molar-refractivity contribution >= 4 is 40.4 Å². The fourth-order valence-corrected chi connectivity index (χ4v) is 3.73. The van der Waals surface area contributed by atoms with Crippen LogP contribution in [0, 0.1) is 18.6 Å². The van der Waals surface area contributed by atoms with E-state index in [1.54, 1.807) is 49.4 Å². The largest absolute Gasteiger partial charge is 0.494 e. The number of nitrogens with zero attached hydrogens (tertiary/aromatic N) is 1. The molecule has 0 spiro atoms. The number of imide groups is 1. The molecule has 5 nitrogen and oxygen atoms in total. The second-order valence-corrected chi connectivity index (χ2v) is 7.69. The van der Waals surface area contributed by atoms with Crippen LogP contribution in [-0.4, -0.2) is 18.4 Å². The Balaban J connectivity index is 1.84. The standard InChI is InChI=1S/C25H19ClF2N2O3/c1-3-33-17-10-7-15(8-11-17)22-23(29-20-6-4-5-18(26)14(20)2)25(32)30(24(22)31)21-12-9-16(27)13-19(21)28/h4-13,29H,3H2,1-2H3. The summed E-state index contributed by atoms with van der Waals surface area (Å²) >= 11 is 6.21. The third-order valence-electron chi connectivity index (χ3n) is 5.22. The fourth-order valence-electron chi connectivity index (χ4n) is 3.56. The van der Waals surface area contributed by atoms with Crippen molar-refractivity contribution < 1.29 is 23.1 Å². The Morgan fingerprint density at radius 1 is 1.00 bits per heavy atom. The first-order valence-electron chi connectivity index (χ1n) is 10.1. The third-order valence-corrected chi connectivity index (χ3v) is 5.63. The molecule has 8 heteroatoms. The summed E-state index contributed by atoms with van der Waals surface area (Å²) in [5.74, 6) is -2.75. The van der Waals surface area contributed by atoms with Crippen molar-refractivity contribution in [2.24, 2.45) is 0 Å². The van der Waals surface area contributed by atoms with Gasteiger partial charge in [0.15, 0.2) is 0 Å². The van der Waals surface area contributed by atoms with Gasteiger partial charge in [0.05, 0.1) is 17.9 Å². The van der Waals surface area contributed by atoms with Gasteiger partial charge in [0.1, 0.15) is 23.1 Å². The van der Waals surface area contributed by atoms with Crippen LogP contribution in [0.5, 0.6) is 5.75 Å². The second kappa shape index (κ2) is 9.03. The summed E-state index contributed by atoms with van der Waals surface area (Å²) < 4.78 is 33.4. The molecule has 0 bridgehead atoms. The SMILES string of the molecule is CCOc1ccc(C2=C(Nc3cccc(Cl)c3C)C(=O)N(c3ccc(F)cc3F)C2=O)cc1. The summed E-state index contributed by atoms with van der Waals surface area (Å²) in [4.78, 5) is 27.5. The summed E-state index contributed by atoms with van der Waals surface area (Å²) in [7, 11) is 0. The number of hydrogen-bond donors (Lipinski definition) is 1. The lowest BCUT2D eigenvalue weighted by molar-refractivity contribution is -0.120. The third kappa shape index (κ3) is 4.19. The van der Waals surface area contributed by atoms with Crippen LogP contribution in [0.25, 0.3) is 5.57 Å². The van der Waals surface area contributed by atoms with Crippen molar-refractivity contribution in [3.8, 4) is 5.75 Å². The molecule has 2 amide bonds. The highest BCUT2D eigenvalue weighted by atomic mass is 35.5. The van der Waals surface area contributed by atoms with Gasteiger partial charge in [-0.2, -0.15) is 0 Å². The summed E-state index contributed by atoms with van der Waals surface area (Å²) in [5, 5.41) is 3.48. The van der Waals surface area contributed by atoms with Gasteiger partial charge in [0.2, 0.25) is 0 Å². The van der Waals surface area contributed by atoms with Crippen LogP contribution in [0.3, 0.4) is 0 Å². The van der Waals surface area contributed by atoms with Crippen LogP contribution in [-0.2, 0) is 9.59 Å². The molecule has 1 aliphatic heterocycles. The Labute approximate surface area is 194 Å².